The summed E-state index contributed by atoms with van der Waals surface area (Å²) in [7, 11) is 0. The molecule has 3 rings (SSSR count). The zero-order valence-electron chi connectivity index (χ0n) is 13.1. The second-order valence-corrected chi connectivity index (χ2v) is 6.09. The van der Waals surface area contributed by atoms with Crippen LogP contribution in [0.1, 0.15) is 24.3 Å². The quantitative estimate of drug-likeness (QED) is 0.919. The number of carbonyl (C=O) groups excluding carboxylic acids is 1. The minimum absolute atomic E-state index is 0.0512. The molecule has 2 aromatic rings. The monoisotopic (exact) mass is 345 g/mol. The topological polar surface area (TPSA) is 95.1 Å². The highest BCUT2D eigenvalue weighted by Crippen LogP contribution is 2.25. The number of hydrogen-bond acceptors (Lipinski definition) is 6. The van der Waals surface area contributed by atoms with Crippen LogP contribution < -0.4 is 10.2 Å². The van der Waals surface area contributed by atoms with Gasteiger partial charge < -0.3 is 14.7 Å². The summed E-state index contributed by atoms with van der Waals surface area (Å²) >= 11 is 5.91. The maximum absolute atomic E-state index is 12.3. The summed E-state index contributed by atoms with van der Waals surface area (Å²) in [6.07, 6.45) is 1.41. The van der Waals surface area contributed by atoms with Crippen molar-refractivity contribution in [3.8, 4) is 6.07 Å². The first-order chi connectivity index (χ1) is 11.6. The molecule has 3 heterocycles. The normalized spacial score (nSPS) is 15.1. The highest BCUT2D eigenvalue weighted by atomic mass is 35.5. The molecule has 0 bridgehead atoms. The fourth-order valence-electron chi connectivity index (χ4n) is 2.71. The molecule has 0 spiro atoms. The molecule has 0 radical (unpaired) electrons. The Bertz CT molecular complexity index is 790. The fraction of sp³-hybridized carbons (Fsp3) is 0.375. The summed E-state index contributed by atoms with van der Waals surface area (Å²) < 4.78 is 4.94. The molecule has 8 heteroatoms. The highest BCUT2D eigenvalue weighted by molar-refractivity contribution is 6.31. The number of aromatic nitrogens is 2. The van der Waals surface area contributed by atoms with Gasteiger partial charge in [-0.15, -0.1) is 0 Å². The van der Waals surface area contributed by atoms with Gasteiger partial charge in [-0.2, -0.15) is 5.26 Å². The third-order valence-electron chi connectivity index (χ3n) is 4.01. The zero-order chi connectivity index (χ0) is 17.1. The Hall–Kier alpha value is -2.59. The number of anilines is 2. The number of aryl methyl sites for hydroxylation is 1. The van der Waals surface area contributed by atoms with Crippen LogP contribution in [0.25, 0.3) is 0 Å². The number of pyridine rings is 1. The predicted octanol–water partition coefficient (Wildman–Crippen LogP) is 2.76. The minimum atomic E-state index is -0.0824. The van der Waals surface area contributed by atoms with E-state index >= 15 is 0 Å². The van der Waals surface area contributed by atoms with Crippen molar-refractivity contribution in [3.63, 3.8) is 0 Å². The standard InChI is InChI=1S/C16H16ClN5O2/c1-10-8-14(21-24-10)20-16(23)11-4-6-22(7-5-11)15-3-2-12(17)13(9-18)19-15/h2-3,8,11H,4-7H2,1H3,(H,20,21,23). The molecule has 1 N–H and O–H groups in total. The Morgan fingerprint density at radius 2 is 2.21 bits per heavy atom. The van der Waals surface area contributed by atoms with E-state index in [1.165, 1.54) is 0 Å². The SMILES string of the molecule is Cc1cc(NC(=O)C2CCN(c3ccc(Cl)c(C#N)n3)CC2)no1. The molecule has 1 aliphatic rings. The molecule has 0 aliphatic carbocycles. The van der Waals surface area contributed by atoms with E-state index in [0.29, 0.717) is 48.3 Å². The van der Waals surface area contributed by atoms with E-state index in [9.17, 15) is 4.79 Å². The molecule has 124 valence electrons. The molecule has 1 aliphatic heterocycles. The van der Waals surface area contributed by atoms with Crippen molar-refractivity contribution in [2.45, 2.75) is 19.8 Å². The van der Waals surface area contributed by atoms with Crippen molar-refractivity contribution in [1.82, 2.24) is 10.1 Å². The van der Waals surface area contributed by atoms with Gasteiger partial charge in [0.25, 0.3) is 0 Å². The van der Waals surface area contributed by atoms with E-state index < -0.39 is 0 Å². The first kappa shape index (κ1) is 16.3. The summed E-state index contributed by atoms with van der Waals surface area (Å²) in [6, 6.07) is 7.14. The molecule has 24 heavy (non-hydrogen) atoms. The average molecular weight is 346 g/mol. The summed E-state index contributed by atoms with van der Waals surface area (Å²) in [5.74, 6) is 1.67. The molecule has 0 unspecified atom stereocenters. The maximum Gasteiger partial charge on any atom is 0.228 e. The Morgan fingerprint density at radius 3 is 2.83 bits per heavy atom. The van der Waals surface area contributed by atoms with Crippen molar-refractivity contribution < 1.29 is 9.32 Å². The second-order valence-electron chi connectivity index (χ2n) is 5.69. The first-order valence-electron chi connectivity index (χ1n) is 7.62. The number of hydrogen-bond donors (Lipinski definition) is 1. The van der Waals surface area contributed by atoms with Gasteiger partial charge in [0, 0.05) is 25.1 Å². The van der Waals surface area contributed by atoms with Crippen molar-refractivity contribution in [1.29, 1.82) is 5.26 Å². The van der Waals surface area contributed by atoms with Crippen LogP contribution >= 0.6 is 11.6 Å². The lowest BCUT2D eigenvalue weighted by atomic mass is 9.96. The van der Waals surface area contributed by atoms with Crippen LogP contribution in [-0.2, 0) is 4.79 Å². The molecule has 1 amide bonds. The van der Waals surface area contributed by atoms with E-state index in [4.69, 9.17) is 21.4 Å². The van der Waals surface area contributed by atoms with Crippen molar-refractivity contribution >= 4 is 29.1 Å². The largest absolute Gasteiger partial charge is 0.360 e. The van der Waals surface area contributed by atoms with Crippen LogP contribution in [-0.4, -0.2) is 29.1 Å². The smallest absolute Gasteiger partial charge is 0.228 e. The lowest BCUT2D eigenvalue weighted by Gasteiger charge is -2.32. The van der Waals surface area contributed by atoms with Crippen molar-refractivity contribution in [2.24, 2.45) is 5.92 Å². The van der Waals surface area contributed by atoms with Crippen LogP contribution in [0, 0.1) is 24.2 Å². The van der Waals surface area contributed by atoms with E-state index in [1.54, 1.807) is 25.1 Å². The average Bonchev–Trinajstić information content (AvgIpc) is 3.00. The van der Waals surface area contributed by atoms with Gasteiger partial charge in [0.1, 0.15) is 17.6 Å². The van der Waals surface area contributed by atoms with Crippen LogP contribution in [0.3, 0.4) is 0 Å². The molecular formula is C16H16ClN5O2. The van der Waals surface area contributed by atoms with E-state index in [0.717, 1.165) is 0 Å². The molecular weight excluding hydrogens is 330 g/mol. The number of amides is 1. The number of rotatable bonds is 3. The number of nitrogens with one attached hydrogen (secondary N) is 1. The minimum Gasteiger partial charge on any atom is -0.360 e. The van der Waals surface area contributed by atoms with Gasteiger partial charge in [-0.3, -0.25) is 4.79 Å². The van der Waals surface area contributed by atoms with Crippen LogP contribution in [0.5, 0.6) is 0 Å². The van der Waals surface area contributed by atoms with Gasteiger partial charge in [-0.25, -0.2) is 4.98 Å². The van der Waals surface area contributed by atoms with Gasteiger partial charge >= 0.3 is 0 Å². The van der Waals surface area contributed by atoms with Gasteiger partial charge in [-0.1, -0.05) is 16.8 Å². The molecule has 2 aromatic heterocycles. The summed E-state index contributed by atoms with van der Waals surface area (Å²) in [4.78, 5) is 18.6. The number of nitrogens with zero attached hydrogens (tertiary/aromatic N) is 4. The van der Waals surface area contributed by atoms with Gasteiger partial charge in [0.2, 0.25) is 5.91 Å². The number of halogens is 1. The first-order valence-corrected chi connectivity index (χ1v) is 8.00. The zero-order valence-corrected chi connectivity index (χ0v) is 13.9. The highest BCUT2D eigenvalue weighted by Gasteiger charge is 2.26. The van der Waals surface area contributed by atoms with E-state index in [1.807, 2.05) is 6.07 Å². The number of carbonyl (C=O) groups is 1. The van der Waals surface area contributed by atoms with Crippen molar-refractivity contribution in [2.75, 3.05) is 23.3 Å². The summed E-state index contributed by atoms with van der Waals surface area (Å²) in [5, 5.41) is 15.9. The van der Waals surface area contributed by atoms with E-state index in [2.05, 4.69) is 20.4 Å². The second kappa shape index (κ2) is 6.89. The molecule has 1 fully saturated rings. The predicted molar refractivity (Wildman–Crippen MR) is 88.8 cm³/mol. The number of nitriles is 1. The number of piperidine rings is 1. The molecule has 0 aromatic carbocycles. The third-order valence-corrected chi connectivity index (χ3v) is 4.31. The lowest BCUT2D eigenvalue weighted by Crippen LogP contribution is -2.38. The fourth-order valence-corrected chi connectivity index (χ4v) is 2.86. The maximum atomic E-state index is 12.3. The third kappa shape index (κ3) is 3.49. The van der Waals surface area contributed by atoms with E-state index in [-0.39, 0.29) is 17.5 Å². The Morgan fingerprint density at radius 1 is 1.46 bits per heavy atom. The van der Waals surface area contributed by atoms with Crippen LogP contribution in [0.2, 0.25) is 5.02 Å². The van der Waals surface area contributed by atoms with Crippen LogP contribution in [0.15, 0.2) is 22.7 Å². The molecule has 7 nitrogen and oxygen atoms in total. The molecule has 1 saturated heterocycles. The Kier molecular flexibility index (Phi) is 4.67. The van der Waals surface area contributed by atoms with Gasteiger partial charge in [0.15, 0.2) is 11.5 Å². The van der Waals surface area contributed by atoms with Gasteiger partial charge in [-0.05, 0) is 31.9 Å². The summed E-state index contributed by atoms with van der Waals surface area (Å²) in [5.41, 5.74) is 0.218. The molecule has 0 atom stereocenters. The Balaban J connectivity index is 1.59. The summed E-state index contributed by atoms with van der Waals surface area (Å²) in [6.45, 7) is 3.15. The van der Waals surface area contributed by atoms with Gasteiger partial charge in [0.05, 0.1) is 5.02 Å². The molecule has 0 saturated carbocycles. The lowest BCUT2D eigenvalue weighted by molar-refractivity contribution is -0.120. The van der Waals surface area contributed by atoms with Crippen molar-refractivity contribution in [3.05, 3.63) is 34.7 Å². The Labute approximate surface area is 144 Å². The van der Waals surface area contributed by atoms with Crippen LogP contribution in [0.4, 0.5) is 11.6 Å².